The van der Waals surface area contributed by atoms with Crippen molar-refractivity contribution in [2.75, 3.05) is 0 Å². The minimum atomic E-state index is -0.814. The lowest BCUT2D eigenvalue weighted by Crippen LogP contribution is -2.43. The molecular weight excluding hydrogens is 415 g/mol. The first kappa shape index (κ1) is 22.5. The van der Waals surface area contributed by atoms with Gasteiger partial charge >= 0.3 is 0 Å². The van der Waals surface area contributed by atoms with Crippen LogP contribution in [0.15, 0.2) is 78.9 Å². The molecule has 0 aliphatic heterocycles. The van der Waals surface area contributed by atoms with Gasteiger partial charge in [-0.25, -0.2) is 4.39 Å². The molecule has 0 aromatic heterocycles. The second kappa shape index (κ2) is 10.7. The van der Waals surface area contributed by atoms with E-state index in [0.717, 1.165) is 11.1 Å². The number of hydrogen-bond donors (Lipinski definition) is 1. The van der Waals surface area contributed by atoms with Gasteiger partial charge in [0.05, 0.1) is 0 Å². The molecule has 6 heteroatoms. The molecule has 0 aliphatic rings. The van der Waals surface area contributed by atoms with Gasteiger partial charge in [0, 0.05) is 24.5 Å². The van der Waals surface area contributed by atoms with E-state index >= 15 is 0 Å². The van der Waals surface area contributed by atoms with Gasteiger partial charge in [0.2, 0.25) is 11.8 Å². The van der Waals surface area contributed by atoms with Gasteiger partial charge in [-0.3, -0.25) is 9.59 Å². The summed E-state index contributed by atoms with van der Waals surface area (Å²) in [5.74, 6) is -0.803. The Hall–Kier alpha value is -3.18. The van der Waals surface area contributed by atoms with Crippen LogP contribution in [0.5, 0.6) is 0 Å². The van der Waals surface area contributed by atoms with Gasteiger partial charge in [-0.2, -0.15) is 0 Å². The fourth-order valence-corrected chi connectivity index (χ4v) is 3.44. The molecular formula is C25H24ClFN2O2. The van der Waals surface area contributed by atoms with Crippen molar-refractivity contribution in [2.45, 2.75) is 32.5 Å². The summed E-state index contributed by atoms with van der Waals surface area (Å²) in [4.78, 5) is 27.7. The molecule has 3 aromatic rings. The minimum absolute atomic E-state index is 0.167. The van der Waals surface area contributed by atoms with Crippen molar-refractivity contribution in [2.24, 2.45) is 0 Å². The number of nitrogens with one attached hydrogen (secondary N) is 1. The Kier molecular flexibility index (Phi) is 7.79. The van der Waals surface area contributed by atoms with E-state index in [1.54, 1.807) is 36.1 Å². The number of benzene rings is 3. The van der Waals surface area contributed by atoms with Gasteiger partial charge in [-0.15, -0.1) is 0 Å². The average Bonchev–Trinajstić information content (AvgIpc) is 2.79. The highest BCUT2D eigenvalue weighted by molar-refractivity contribution is 6.30. The Balaban J connectivity index is 1.88. The molecule has 160 valence electrons. The van der Waals surface area contributed by atoms with E-state index in [2.05, 4.69) is 5.32 Å². The lowest BCUT2D eigenvalue weighted by Gasteiger charge is -2.31. The number of halogens is 2. The van der Waals surface area contributed by atoms with Crippen LogP contribution in [0.4, 0.5) is 4.39 Å². The molecule has 0 aliphatic carbocycles. The van der Waals surface area contributed by atoms with Crippen molar-refractivity contribution in [3.63, 3.8) is 0 Å². The molecule has 0 heterocycles. The maximum absolute atomic E-state index is 13.3. The van der Waals surface area contributed by atoms with E-state index in [9.17, 15) is 14.0 Å². The standard InChI is InChI=1S/C25H24ClFN2O2/c1-2-23(30)29(17-19-10-14-22(27)15-11-19)24(20-6-4-3-5-7-20)25(31)28-16-18-8-12-21(26)13-9-18/h3-15,24H,2,16-17H2,1H3,(H,28,31). The van der Waals surface area contributed by atoms with Gasteiger partial charge in [0.1, 0.15) is 11.9 Å². The third-order valence-electron chi connectivity index (χ3n) is 4.94. The Morgan fingerprint density at radius 1 is 0.935 bits per heavy atom. The molecule has 0 saturated heterocycles. The van der Waals surface area contributed by atoms with Crippen molar-refractivity contribution in [3.8, 4) is 0 Å². The predicted octanol–water partition coefficient (Wildman–Crippen LogP) is 5.28. The van der Waals surface area contributed by atoms with Crippen LogP contribution in [0, 0.1) is 5.82 Å². The Labute approximate surface area is 186 Å². The second-order valence-electron chi connectivity index (χ2n) is 7.16. The molecule has 3 aromatic carbocycles. The number of amides is 2. The zero-order valence-electron chi connectivity index (χ0n) is 17.2. The van der Waals surface area contributed by atoms with E-state index in [1.807, 2.05) is 42.5 Å². The van der Waals surface area contributed by atoms with Crippen molar-refractivity contribution < 1.29 is 14.0 Å². The first-order valence-corrected chi connectivity index (χ1v) is 10.5. The average molecular weight is 439 g/mol. The lowest BCUT2D eigenvalue weighted by molar-refractivity contribution is -0.141. The van der Waals surface area contributed by atoms with Crippen LogP contribution < -0.4 is 5.32 Å². The van der Waals surface area contributed by atoms with Crippen LogP contribution in [-0.4, -0.2) is 16.7 Å². The first-order chi connectivity index (χ1) is 15.0. The molecule has 1 unspecified atom stereocenters. The van der Waals surface area contributed by atoms with Gasteiger partial charge < -0.3 is 10.2 Å². The Morgan fingerprint density at radius 3 is 2.16 bits per heavy atom. The summed E-state index contributed by atoms with van der Waals surface area (Å²) in [6.45, 7) is 2.26. The summed E-state index contributed by atoms with van der Waals surface area (Å²) in [7, 11) is 0. The number of carbonyl (C=O) groups excluding carboxylic acids is 2. The largest absolute Gasteiger partial charge is 0.350 e. The molecule has 2 amide bonds. The van der Waals surface area contributed by atoms with Crippen molar-refractivity contribution in [1.82, 2.24) is 10.2 Å². The van der Waals surface area contributed by atoms with Gasteiger partial charge in [0.15, 0.2) is 0 Å². The van der Waals surface area contributed by atoms with Gasteiger partial charge in [0.25, 0.3) is 0 Å². The summed E-state index contributed by atoms with van der Waals surface area (Å²) in [6.07, 6.45) is 0.245. The van der Waals surface area contributed by atoms with E-state index in [4.69, 9.17) is 11.6 Å². The molecule has 1 N–H and O–H groups in total. The maximum atomic E-state index is 13.3. The molecule has 4 nitrogen and oxygen atoms in total. The molecule has 31 heavy (non-hydrogen) atoms. The van der Waals surface area contributed by atoms with E-state index < -0.39 is 6.04 Å². The fourth-order valence-electron chi connectivity index (χ4n) is 3.31. The van der Waals surface area contributed by atoms with E-state index in [-0.39, 0.29) is 30.6 Å². The smallest absolute Gasteiger partial charge is 0.247 e. The van der Waals surface area contributed by atoms with Crippen LogP contribution in [0.2, 0.25) is 5.02 Å². The van der Waals surface area contributed by atoms with Crippen LogP contribution in [0.1, 0.15) is 36.1 Å². The molecule has 0 saturated carbocycles. The van der Waals surface area contributed by atoms with E-state index in [1.165, 1.54) is 12.1 Å². The first-order valence-electron chi connectivity index (χ1n) is 10.1. The Morgan fingerprint density at radius 2 is 1.55 bits per heavy atom. The monoisotopic (exact) mass is 438 g/mol. The SMILES string of the molecule is CCC(=O)N(Cc1ccc(F)cc1)C(C(=O)NCc1ccc(Cl)cc1)c1ccccc1. The molecule has 1 atom stereocenters. The minimum Gasteiger partial charge on any atom is -0.350 e. The maximum Gasteiger partial charge on any atom is 0.247 e. The highest BCUT2D eigenvalue weighted by atomic mass is 35.5. The number of carbonyl (C=O) groups is 2. The van der Waals surface area contributed by atoms with Gasteiger partial charge in [-0.1, -0.05) is 73.1 Å². The van der Waals surface area contributed by atoms with Crippen LogP contribution in [-0.2, 0) is 22.7 Å². The number of rotatable bonds is 8. The highest BCUT2D eigenvalue weighted by Crippen LogP contribution is 2.25. The summed E-state index contributed by atoms with van der Waals surface area (Å²) >= 11 is 5.93. The second-order valence-corrected chi connectivity index (χ2v) is 7.60. The third-order valence-corrected chi connectivity index (χ3v) is 5.20. The number of hydrogen-bond acceptors (Lipinski definition) is 2. The van der Waals surface area contributed by atoms with Crippen molar-refractivity contribution >= 4 is 23.4 Å². The van der Waals surface area contributed by atoms with Crippen LogP contribution in [0.3, 0.4) is 0 Å². The molecule has 0 bridgehead atoms. The van der Waals surface area contributed by atoms with E-state index in [0.29, 0.717) is 17.1 Å². The number of nitrogens with zero attached hydrogens (tertiary/aromatic N) is 1. The fraction of sp³-hybridized carbons (Fsp3) is 0.200. The topological polar surface area (TPSA) is 49.4 Å². The quantitative estimate of drug-likeness (QED) is 0.520. The van der Waals surface area contributed by atoms with Gasteiger partial charge in [-0.05, 0) is 41.0 Å². The van der Waals surface area contributed by atoms with Crippen molar-refractivity contribution in [1.29, 1.82) is 0 Å². The predicted molar refractivity (Wildman–Crippen MR) is 120 cm³/mol. The van der Waals surface area contributed by atoms with Crippen molar-refractivity contribution in [3.05, 3.63) is 106 Å². The van der Waals surface area contributed by atoms with Crippen LogP contribution >= 0.6 is 11.6 Å². The lowest BCUT2D eigenvalue weighted by atomic mass is 10.0. The normalized spacial score (nSPS) is 11.6. The highest BCUT2D eigenvalue weighted by Gasteiger charge is 2.30. The summed E-state index contributed by atoms with van der Waals surface area (Å²) < 4.78 is 13.3. The summed E-state index contributed by atoms with van der Waals surface area (Å²) in [5.41, 5.74) is 2.35. The zero-order valence-corrected chi connectivity index (χ0v) is 18.0. The zero-order chi connectivity index (χ0) is 22.2. The summed E-state index contributed by atoms with van der Waals surface area (Å²) in [6, 6.07) is 21.5. The third kappa shape index (κ3) is 6.15. The molecule has 0 fully saturated rings. The van der Waals surface area contributed by atoms with Crippen LogP contribution in [0.25, 0.3) is 0 Å². The molecule has 3 rings (SSSR count). The molecule has 0 spiro atoms. The summed E-state index contributed by atoms with van der Waals surface area (Å²) in [5, 5.41) is 3.56. The Bertz CT molecular complexity index is 1010. The molecule has 0 radical (unpaired) electrons.